The number of nitrogens with one attached hydrogen (secondary N) is 1. The molecule has 42 heavy (non-hydrogen) atoms. The second-order valence-electron chi connectivity index (χ2n) is 11.9. The standard InChI is InChI=1S/C34H39N3O4S/c1-7-40-33(39)23-10-13-26(14-11-23)37-21(2)17-24(22(37)3)19-36-32-30(31(38)35-20-27-9-8-16-41-27)28-15-12-25(34(4,5)6)18-29(28)42-32/h8-11,13-14,16-17,19,25H,7,12,15,18,20H2,1-6H3,(H,35,38)/t25-/m0/s1. The van der Waals surface area contributed by atoms with Crippen molar-refractivity contribution in [1.29, 1.82) is 0 Å². The van der Waals surface area contributed by atoms with Crippen LogP contribution in [0.4, 0.5) is 5.00 Å². The minimum Gasteiger partial charge on any atom is -0.467 e. The Morgan fingerprint density at radius 1 is 1.19 bits per heavy atom. The van der Waals surface area contributed by atoms with Gasteiger partial charge in [0.15, 0.2) is 0 Å². The molecule has 7 nitrogen and oxygen atoms in total. The minimum absolute atomic E-state index is 0.113. The number of fused-ring (bicyclic) bond motifs is 1. The van der Waals surface area contributed by atoms with Gasteiger partial charge in [-0.2, -0.15) is 0 Å². The Hall–Kier alpha value is -3.91. The van der Waals surface area contributed by atoms with Gasteiger partial charge >= 0.3 is 5.97 Å². The first-order valence-corrected chi connectivity index (χ1v) is 15.3. The van der Waals surface area contributed by atoms with E-state index in [-0.39, 0.29) is 17.3 Å². The number of carbonyl (C=O) groups is 2. The first kappa shape index (κ1) is 29.6. The molecule has 1 aliphatic carbocycles. The average molecular weight is 586 g/mol. The molecule has 220 valence electrons. The SMILES string of the molecule is CCOC(=O)c1ccc(-n2c(C)cc(C=Nc3sc4c(c3C(=O)NCc3ccco3)CC[C@H](C(C)(C)C)C4)c2C)cc1. The molecule has 0 bridgehead atoms. The van der Waals surface area contributed by atoms with E-state index in [1.165, 1.54) is 4.88 Å². The largest absolute Gasteiger partial charge is 0.467 e. The first-order chi connectivity index (χ1) is 20.1. The molecule has 0 radical (unpaired) electrons. The minimum atomic E-state index is -0.325. The summed E-state index contributed by atoms with van der Waals surface area (Å²) in [6.07, 6.45) is 6.39. The number of hydrogen-bond acceptors (Lipinski definition) is 6. The monoisotopic (exact) mass is 585 g/mol. The third-order valence-electron chi connectivity index (χ3n) is 8.13. The summed E-state index contributed by atoms with van der Waals surface area (Å²) in [5.74, 6) is 0.841. The van der Waals surface area contributed by atoms with Crippen LogP contribution in [-0.4, -0.2) is 29.3 Å². The molecule has 0 saturated carbocycles. The van der Waals surface area contributed by atoms with E-state index in [2.05, 4.69) is 43.6 Å². The van der Waals surface area contributed by atoms with Crippen molar-refractivity contribution in [3.05, 3.63) is 93.0 Å². The number of rotatable bonds is 8. The zero-order chi connectivity index (χ0) is 30.0. The molecular weight excluding hydrogens is 546 g/mol. The fourth-order valence-corrected chi connectivity index (χ4v) is 6.98. The number of furan rings is 1. The Kier molecular flexibility index (Phi) is 8.55. The lowest BCUT2D eigenvalue weighted by Crippen LogP contribution is -2.28. The number of thiophene rings is 1. The average Bonchev–Trinajstić information content (AvgIpc) is 3.67. The number of hydrogen-bond donors (Lipinski definition) is 1. The molecule has 4 aromatic rings. The third-order valence-corrected chi connectivity index (χ3v) is 9.29. The Balaban J connectivity index is 1.45. The molecule has 0 unspecified atom stereocenters. The molecule has 1 aliphatic rings. The highest BCUT2D eigenvalue weighted by Crippen LogP contribution is 2.45. The summed E-state index contributed by atoms with van der Waals surface area (Å²) < 4.78 is 12.7. The van der Waals surface area contributed by atoms with E-state index in [0.717, 1.165) is 52.5 Å². The number of benzene rings is 1. The van der Waals surface area contributed by atoms with Crippen LogP contribution in [0.1, 0.15) is 88.0 Å². The van der Waals surface area contributed by atoms with Crippen molar-refractivity contribution >= 4 is 34.4 Å². The molecule has 1 atom stereocenters. The maximum absolute atomic E-state index is 13.6. The van der Waals surface area contributed by atoms with Gasteiger partial charge in [-0.05, 0) is 99.4 Å². The van der Waals surface area contributed by atoms with Gasteiger partial charge in [0.1, 0.15) is 10.8 Å². The van der Waals surface area contributed by atoms with E-state index >= 15 is 0 Å². The summed E-state index contributed by atoms with van der Waals surface area (Å²) in [5.41, 5.74) is 6.56. The number of aryl methyl sites for hydroxylation is 1. The van der Waals surface area contributed by atoms with Crippen LogP contribution in [-0.2, 0) is 24.1 Å². The van der Waals surface area contributed by atoms with Crippen LogP contribution in [0, 0.1) is 25.2 Å². The van der Waals surface area contributed by atoms with Crippen molar-refractivity contribution < 1.29 is 18.7 Å². The van der Waals surface area contributed by atoms with E-state index < -0.39 is 0 Å². The fourth-order valence-electron chi connectivity index (χ4n) is 5.71. The predicted octanol–water partition coefficient (Wildman–Crippen LogP) is 7.76. The molecule has 3 heterocycles. The smallest absolute Gasteiger partial charge is 0.338 e. The lowest BCUT2D eigenvalue weighted by atomic mass is 9.72. The number of esters is 1. The van der Waals surface area contributed by atoms with Gasteiger partial charge in [0.25, 0.3) is 5.91 Å². The number of aromatic nitrogens is 1. The molecular formula is C34H39N3O4S. The third kappa shape index (κ3) is 6.14. The van der Waals surface area contributed by atoms with E-state index in [1.807, 2.05) is 37.4 Å². The molecule has 3 aromatic heterocycles. The van der Waals surface area contributed by atoms with Crippen molar-refractivity contribution in [2.75, 3.05) is 6.61 Å². The zero-order valence-electron chi connectivity index (χ0n) is 25.2. The van der Waals surface area contributed by atoms with E-state index in [1.54, 1.807) is 36.7 Å². The van der Waals surface area contributed by atoms with Crippen LogP contribution in [0.2, 0.25) is 0 Å². The first-order valence-electron chi connectivity index (χ1n) is 14.5. The van der Waals surface area contributed by atoms with Crippen LogP contribution in [0.15, 0.2) is 58.1 Å². The highest BCUT2D eigenvalue weighted by Gasteiger charge is 2.33. The summed E-state index contributed by atoms with van der Waals surface area (Å²) in [5, 5.41) is 3.79. The lowest BCUT2D eigenvalue weighted by Gasteiger charge is -2.33. The predicted molar refractivity (Wildman–Crippen MR) is 168 cm³/mol. The number of amides is 1. The topological polar surface area (TPSA) is 85.8 Å². The fraction of sp³-hybridized carbons (Fsp3) is 0.382. The molecule has 5 rings (SSSR count). The Labute approximate surface area is 251 Å². The van der Waals surface area contributed by atoms with Crippen molar-refractivity contribution in [2.45, 2.75) is 67.3 Å². The summed E-state index contributed by atoms with van der Waals surface area (Å²) in [7, 11) is 0. The maximum Gasteiger partial charge on any atom is 0.338 e. The second-order valence-corrected chi connectivity index (χ2v) is 13.0. The van der Waals surface area contributed by atoms with Crippen molar-refractivity contribution in [2.24, 2.45) is 16.3 Å². The summed E-state index contributed by atoms with van der Waals surface area (Å²) in [6.45, 7) is 13.5. The zero-order valence-corrected chi connectivity index (χ0v) is 26.1. The van der Waals surface area contributed by atoms with Gasteiger partial charge < -0.3 is 19.0 Å². The second kappa shape index (κ2) is 12.1. The lowest BCUT2D eigenvalue weighted by molar-refractivity contribution is 0.0526. The van der Waals surface area contributed by atoms with Crippen LogP contribution in [0.3, 0.4) is 0 Å². The number of aliphatic imine (C=N–C) groups is 1. The van der Waals surface area contributed by atoms with Gasteiger partial charge in [-0.25, -0.2) is 9.79 Å². The molecule has 0 aliphatic heterocycles. The Morgan fingerprint density at radius 2 is 1.95 bits per heavy atom. The van der Waals surface area contributed by atoms with Crippen LogP contribution in [0.25, 0.3) is 5.69 Å². The van der Waals surface area contributed by atoms with Crippen LogP contribution in [0.5, 0.6) is 0 Å². The van der Waals surface area contributed by atoms with Gasteiger partial charge in [-0.1, -0.05) is 20.8 Å². The van der Waals surface area contributed by atoms with Crippen molar-refractivity contribution in [1.82, 2.24) is 9.88 Å². The van der Waals surface area contributed by atoms with Gasteiger partial charge in [-0.15, -0.1) is 11.3 Å². The Bertz CT molecular complexity index is 1600. The van der Waals surface area contributed by atoms with Crippen LogP contribution >= 0.6 is 11.3 Å². The molecule has 0 spiro atoms. The molecule has 1 N–H and O–H groups in total. The number of carbonyl (C=O) groups excluding carboxylic acids is 2. The summed E-state index contributed by atoms with van der Waals surface area (Å²) >= 11 is 1.64. The van der Waals surface area contributed by atoms with E-state index in [0.29, 0.717) is 36.0 Å². The molecule has 8 heteroatoms. The highest BCUT2D eigenvalue weighted by molar-refractivity contribution is 7.16. The van der Waals surface area contributed by atoms with E-state index in [4.69, 9.17) is 14.1 Å². The van der Waals surface area contributed by atoms with Gasteiger partial charge in [0, 0.05) is 33.7 Å². The van der Waals surface area contributed by atoms with Gasteiger partial charge in [0.2, 0.25) is 0 Å². The van der Waals surface area contributed by atoms with E-state index in [9.17, 15) is 9.59 Å². The van der Waals surface area contributed by atoms with Crippen molar-refractivity contribution in [3.8, 4) is 5.69 Å². The summed E-state index contributed by atoms with van der Waals surface area (Å²) in [4.78, 5) is 31.8. The molecule has 0 fully saturated rings. The molecule has 0 saturated heterocycles. The van der Waals surface area contributed by atoms with Crippen molar-refractivity contribution in [3.63, 3.8) is 0 Å². The normalized spacial score (nSPS) is 15.1. The molecule has 1 amide bonds. The van der Waals surface area contributed by atoms with Gasteiger partial charge in [-0.3, -0.25) is 4.79 Å². The van der Waals surface area contributed by atoms with Crippen LogP contribution < -0.4 is 5.32 Å². The number of ether oxygens (including phenoxy) is 1. The summed E-state index contributed by atoms with van der Waals surface area (Å²) in [6, 6.07) is 13.2. The quantitative estimate of drug-likeness (QED) is 0.169. The molecule has 1 aromatic carbocycles. The highest BCUT2D eigenvalue weighted by atomic mass is 32.1. The Morgan fingerprint density at radius 3 is 2.62 bits per heavy atom. The maximum atomic E-state index is 13.6. The number of nitrogens with zero attached hydrogens (tertiary/aromatic N) is 2. The van der Waals surface area contributed by atoms with Gasteiger partial charge in [0.05, 0.1) is 30.5 Å².